The van der Waals surface area contributed by atoms with Gasteiger partial charge in [0.2, 0.25) is 26.6 Å². The molecule has 0 saturated carbocycles. The summed E-state index contributed by atoms with van der Waals surface area (Å²) in [6.45, 7) is 4.37. The van der Waals surface area contributed by atoms with E-state index in [0.717, 1.165) is 17.3 Å². The maximum Gasteiger partial charge on any atom is 0.266 e. The lowest BCUT2D eigenvalue weighted by Crippen LogP contribution is -2.36. The smallest absolute Gasteiger partial charge is 0.266 e. The highest BCUT2D eigenvalue weighted by Crippen LogP contribution is 2.36. The monoisotopic (exact) mass is 509 g/mol. The number of carbonyl (C=O) groups is 1. The van der Waals surface area contributed by atoms with E-state index in [1.54, 1.807) is 36.3 Å². The van der Waals surface area contributed by atoms with E-state index in [1.807, 2.05) is 6.92 Å². The summed E-state index contributed by atoms with van der Waals surface area (Å²) in [4.78, 5) is 20.7. The van der Waals surface area contributed by atoms with Crippen molar-refractivity contribution in [2.24, 2.45) is 0 Å². The zero-order valence-electron chi connectivity index (χ0n) is 18.1. The van der Waals surface area contributed by atoms with Gasteiger partial charge in [-0.3, -0.25) is 9.69 Å². The Morgan fingerprint density at radius 1 is 1.24 bits per heavy atom. The number of thiocarbonyl (C=S) groups is 1. The standard InChI is InChI=1S/C21H23N3O6S3/c1-14-3-5-15(6-4-14)33(26,27)18-20(23-7-11-29-12-8-23)30-17(22-18)13-16-19(25)24(9-10-28-2)21(31)32-16/h3-6,13H,7-12H2,1-2H3/b16-13-. The first-order valence-corrected chi connectivity index (χ1v) is 12.9. The molecule has 0 bridgehead atoms. The molecule has 0 unspecified atom stereocenters. The van der Waals surface area contributed by atoms with E-state index in [4.69, 9.17) is 26.1 Å². The molecule has 2 fully saturated rings. The van der Waals surface area contributed by atoms with E-state index in [2.05, 4.69) is 4.98 Å². The van der Waals surface area contributed by atoms with Gasteiger partial charge in [0.15, 0.2) is 0 Å². The van der Waals surface area contributed by atoms with Crippen molar-refractivity contribution in [2.75, 3.05) is 51.5 Å². The highest BCUT2D eigenvalue weighted by molar-refractivity contribution is 8.26. The number of carbonyl (C=O) groups excluding carboxylic acids is 1. The number of anilines is 1. The molecule has 12 heteroatoms. The van der Waals surface area contributed by atoms with E-state index in [1.165, 1.54) is 11.0 Å². The average Bonchev–Trinajstić information content (AvgIpc) is 3.35. The van der Waals surface area contributed by atoms with Gasteiger partial charge in [-0.25, -0.2) is 8.42 Å². The Hall–Kier alpha value is -2.25. The summed E-state index contributed by atoms with van der Waals surface area (Å²) in [7, 11) is -2.41. The predicted molar refractivity (Wildman–Crippen MR) is 128 cm³/mol. The van der Waals surface area contributed by atoms with Gasteiger partial charge in [-0.15, -0.1) is 0 Å². The fraction of sp³-hybridized carbons (Fsp3) is 0.381. The zero-order valence-corrected chi connectivity index (χ0v) is 20.6. The summed E-state index contributed by atoms with van der Waals surface area (Å²) in [5.74, 6) is -0.134. The first-order valence-electron chi connectivity index (χ1n) is 10.2. The summed E-state index contributed by atoms with van der Waals surface area (Å²) >= 11 is 6.41. The zero-order chi connectivity index (χ0) is 23.6. The quantitative estimate of drug-likeness (QED) is 0.409. The molecule has 2 saturated heterocycles. The maximum absolute atomic E-state index is 13.4. The minimum Gasteiger partial charge on any atom is -0.420 e. The molecule has 0 atom stereocenters. The molecule has 33 heavy (non-hydrogen) atoms. The van der Waals surface area contributed by atoms with Crippen molar-refractivity contribution in [1.82, 2.24) is 9.88 Å². The number of amides is 1. The SMILES string of the molecule is COCCN1C(=O)/C(=C/c2nc(S(=O)(=O)c3ccc(C)cc3)c(N3CCOCC3)o2)SC1=S. The normalized spacial score (nSPS) is 18.5. The highest BCUT2D eigenvalue weighted by atomic mass is 32.2. The van der Waals surface area contributed by atoms with Gasteiger partial charge in [0.1, 0.15) is 4.32 Å². The number of hydrogen-bond acceptors (Lipinski definition) is 10. The van der Waals surface area contributed by atoms with Gasteiger partial charge >= 0.3 is 0 Å². The Morgan fingerprint density at radius 2 is 1.94 bits per heavy atom. The lowest BCUT2D eigenvalue weighted by atomic mass is 10.2. The minimum atomic E-state index is -3.96. The Morgan fingerprint density at radius 3 is 2.61 bits per heavy atom. The molecule has 1 aromatic heterocycles. The maximum atomic E-state index is 13.4. The van der Waals surface area contributed by atoms with Crippen LogP contribution in [0.25, 0.3) is 6.08 Å². The molecule has 176 valence electrons. The van der Waals surface area contributed by atoms with Crippen LogP contribution < -0.4 is 4.90 Å². The number of methoxy groups -OCH3 is 1. The van der Waals surface area contributed by atoms with Crippen LogP contribution in [-0.2, 0) is 24.1 Å². The van der Waals surface area contributed by atoms with Crippen LogP contribution >= 0.6 is 24.0 Å². The van der Waals surface area contributed by atoms with Crippen LogP contribution in [0.2, 0.25) is 0 Å². The third-order valence-electron chi connectivity index (χ3n) is 5.13. The predicted octanol–water partition coefficient (Wildman–Crippen LogP) is 2.50. The van der Waals surface area contributed by atoms with Gasteiger partial charge < -0.3 is 18.8 Å². The molecular weight excluding hydrogens is 486 g/mol. The van der Waals surface area contributed by atoms with Crippen LogP contribution in [0.5, 0.6) is 0 Å². The lowest BCUT2D eigenvalue weighted by molar-refractivity contribution is -0.122. The fourth-order valence-corrected chi connectivity index (χ4v) is 5.93. The second-order valence-electron chi connectivity index (χ2n) is 7.40. The molecule has 9 nitrogen and oxygen atoms in total. The Balaban J connectivity index is 1.73. The number of thioether (sulfide) groups is 1. The number of aryl methyl sites for hydroxylation is 1. The van der Waals surface area contributed by atoms with Gasteiger partial charge in [0.05, 0.1) is 36.2 Å². The number of sulfone groups is 1. The van der Waals surface area contributed by atoms with Gasteiger partial charge in [0.25, 0.3) is 5.91 Å². The van der Waals surface area contributed by atoms with E-state index in [9.17, 15) is 13.2 Å². The largest absolute Gasteiger partial charge is 0.420 e. The number of oxazole rings is 1. The van der Waals surface area contributed by atoms with Gasteiger partial charge in [0, 0.05) is 26.3 Å². The second kappa shape index (κ2) is 9.94. The molecule has 4 rings (SSSR count). The van der Waals surface area contributed by atoms with Crippen molar-refractivity contribution in [3.05, 3.63) is 40.6 Å². The summed E-state index contributed by atoms with van der Waals surface area (Å²) in [5.41, 5.74) is 0.943. The van der Waals surface area contributed by atoms with E-state index in [-0.39, 0.29) is 27.6 Å². The lowest BCUT2D eigenvalue weighted by Gasteiger charge is -2.26. The Kier molecular flexibility index (Phi) is 7.19. The van der Waals surface area contributed by atoms with Crippen molar-refractivity contribution in [1.29, 1.82) is 0 Å². The minimum absolute atomic E-state index is 0.0226. The molecule has 0 N–H and O–H groups in total. The molecule has 3 heterocycles. The number of benzene rings is 1. The molecule has 2 aromatic rings. The Labute approximate surface area is 201 Å². The number of morpholine rings is 1. The molecule has 2 aliphatic rings. The molecule has 2 aliphatic heterocycles. The van der Waals surface area contributed by atoms with Crippen molar-refractivity contribution >= 4 is 56.0 Å². The second-order valence-corrected chi connectivity index (χ2v) is 10.9. The van der Waals surface area contributed by atoms with Crippen LogP contribution in [0.15, 0.2) is 43.5 Å². The molecule has 0 radical (unpaired) electrons. The van der Waals surface area contributed by atoms with Gasteiger partial charge in [-0.2, -0.15) is 4.98 Å². The third-order valence-corrected chi connectivity index (χ3v) is 8.17. The highest BCUT2D eigenvalue weighted by Gasteiger charge is 2.34. The van der Waals surface area contributed by atoms with Crippen LogP contribution in [0, 0.1) is 6.92 Å². The number of rotatable bonds is 7. The first kappa shape index (κ1) is 23.9. The average molecular weight is 510 g/mol. The number of hydrogen-bond donors (Lipinski definition) is 0. The topological polar surface area (TPSA) is 102 Å². The van der Waals surface area contributed by atoms with E-state index in [0.29, 0.717) is 48.7 Å². The summed E-state index contributed by atoms with van der Waals surface area (Å²) in [6, 6.07) is 6.55. The summed E-state index contributed by atoms with van der Waals surface area (Å²) in [6.07, 6.45) is 1.43. The third kappa shape index (κ3) is 4.99. The molecule has 1 aromatic carbocycles. The number of aromatic nitrogens is 1. The molecule has 0 aliphatic carbocycles. The van der Waals surface area contributed by atoms with Gasteiger partial charge in [-0.1, -0.05) is 41.7 Å². The fourth-order valence-electron chi connectivity index (χ4n) is 3.33. The molecular formula is C21H23N3O6S3. The van der Waals surface area contributed by atoms with Crippen molar-refractivity contribution in [3.63, 3.8) is 0 Å². The van der Waals surface area contributed by atoms with E-state index >= 15 is 0 Å². The van der Waals surface area contributed by atoms with Gasteiger partial charge in [-0.05, 0) is 19.1 Å². The van der Waals surface area contributed by atoms with Crippen LogP contribution in [0.1, 0.15) is 11.5 Å². The van der Waals surface area contributed by atoms with Crippen LogP contribution in [0.3, 0.4) is 0 Å². The number of ether oxygens (including phenoxy) is 2. The molecule has 1 amide bonds. The van der Waals surface area contributed by atoms with Crippen molar-refractivity contribution in [2.45, 2.75) is 16.8 Å². The number of nitrogens with zero attached hydrogens (tertiary/aromatic N) is 3. The van der Waals surface area contributed by atoms with Crippen LogP contribution in [-0.4, -0.2) is 75.1 Å². The Bertz CT molecular complexity index is 1180. The summed E-state index contributed by atoms with van der Waals surface area (Å²) in [5, 5.41) is -0.186. The summed E-state index contributed by atoms with van der Waals surface area (Å²) < 4.78 is 43.6. The van der Waals surface area contributed by atoms with E-state index < -0.39 is 9.84 Å². The first-order chi connectivity index (χ1) is 15.8. The van der Waals surface area contributed by atoms with Crippen molar-refractivity contribution in [3.8, 4) is 0 Å². The van der Waals surface area contributed by atoms with Crippen LogP contribution in [0.4, 0.5) is 5.88 Å². The molecule has 0 spiro atoms. The van der Waals surface area contributed by atoms with Crippen molar-refractivity contribution < 1.29 is 27.1 Å².